The minimum absolute atomic E-state index is 0.201. The molecule has 2 aliphatic rings. The van der Waals surface area contributed by atoms with E-state index in [9.17, 15) is 4.79 Å². The number of anilines is 2. The van der Waals surface area contributed by atoms with Gasteiger partial charge in [0.05, 0.1) is 23.1 Å². The number of likely N-dealkylation sites (tertiary alicyclic amines) is 1. The summed E-state index contributed by atoms with van der Waals surface area (Å²) in [5, 5.41) is 4.50. The molecule has 5 rings (SSSR count). The van der Waals surface area contributed by atoms with E-state index in [1.165, 1.54) is 12.8 Å². The zero-order valence-electron chi connectivity index (χ0n) is 17.0. The Kier molecular flexibility index (Phi) is 5.38. The molecular weight excluding hydrogens is 376 g/mol. The second-order valence-corrected chi connectivity index (χ2v) is 8.09. The molecule has 2 aromatic heterocycles. The summed E-state index contributed by atoms with van der Waals surface area (Å²) in [5.41, 5.74) is 3.91. The van der Waals surface area contributed by atoms with Gasteiger partial charge in [-0.3, -0.25) is 14.8 Å². The molecule has 0 bridgehead atoms. The van der Waals surface area contributed by atoms with Crippen molar-refractivity contribution in [3.05, 3.63) is 54.1 Å². The van der Waals surface area contributed by atoms with E-state index < -0.39 is 0 Å². The van der Waals surface area contributed by atoms with Crippen molar-refractivity contribution >= 4 is 28.7 Å². The molecule has 0 radical (unpaired) electrons. The van der Waals surface area contributed by atoms with Crippen molar-refractivity contribution in [2.45, 2.75) is 44.9 Å². The molecular formula is C23H26N6O. The van der Waals surface area contributed by atoms with Gasteiger partial charge in [-0.25, -0.2) is 9.97 Å². The summed E-state index contributed by atoms with van der Waals surface area (Å²) < 4.78 is 0. The Balaban J connectivity index is 1.37. The van der Waals surface area contributed by atoms with Crippen LogP contribution in [0.2, 0.25) is 0 Å². The molecule has 1 saturated heterocycles. The molecule has 1 unspecified atom stereocenters. The maximum Gasteiger partial charge on any atom is 0.151 e. The van der Waals surface area contributed by atoms with Gasteiger partial charge in [0.15, 0.2) is 6.29 Å². The maximum absolute atomic E-state index is 12.0. The van der Waals surface area contributed by atoms with Crippen LogP contribution in [0.25, 0.3) is 10.9 Å². The summed E-state index contributed by atoms with van der Waals surface area (Å²) in [6.07, 6.45) is 9.14. The predicted octanol–water partition coefficient (Wildman–Crippen LogP) is 3.49. The van der Waals surface area contributed by atoms with E-state index in [4.69, 9.17) is 0 Å². The molecule has 3 aromatic rings. The number of aldehydes is 1. The fourth-order valence-corrected chi connectivity index (χ4v) is 4.54. The van der Waals surface area contributed by atoms with Crippen molar-refractivity contribution in [3.63, 3.8) is 0 Å². The third-order valence-electron chi connectivity index (χ3n) is 6.11. The predicted molar refractivity (Wildman–Crippen MR) is 116 cm³/mol. The molecule has 1 aromatic carbocycles. The third kappa shape index (κ3) is 3.78. The van der Waals surface area contributed by atoms with Crippen LogP contribution in [0.3, 0.4) is 0 Å². The standard InChI is InChI=1S/C23H26N6O/c30-15-22(28-9-5-1-2-6-10-28)29-13-19-21(14-29)25-16-26-23(19)27-18-11-17-7-3-4-8-20(17)24-12-18/h3-4,7-8,11-12,15-16,22H,1-2,5-6,9-10,13-14H2,(H,25,26,27). The van der Waals surface area contributed by atoms with Gasteiger partial charge < -0.3 is 10.1 Å². The Morgan fingerprint density at radius 1 is 0.967 bits per heavy atom. The molecule has 4 heterocycles. The third-order valence-corrected chi connectivity index (χ3v) is 6.11. The lowest BCUT2D eigenvalue weighted by atomic mass is 10.2. The molecule has 1 fully saturated rings. The summed E-state index contributed by atoms with van der Waals surface area (Å²) in [6.45, 7) is 3.30. The molecule has 0 amide bonds. The summed E-state index contributed by atoms with van der Waals surface area (Å²) >= 11 is 0. The van der Waals surface area contributed by atoms with Crippen molar-refractivity contribution in [3.8, 4) is 0 Å². The first-order valence-electron chi connectivity index (χ1n) is 10.7. The number of fused-ring (bicyclic) bond motifs is 2. The normalized spacial score (nSPS) is 18.7. The van der Waals surface area contributed by atoms with Crippen LogP contribution in [0.4, 0.5) is 11.5 Å². The number of para-hydroxylation sites is 1. The molecule has 0 aliphatic carbocycles. The zero-order chi connectivity index (χ0) is 20.3. The van der Waals surface area contributed by atoms with Crippen molar-refractivity contribution in [2.24, 2.45) is 0 Å². The number of carbonyl (C=O) groups excluding carboxylic acids is 1. The van der Waals surface area contributed by atoms with E-state index in [0.717, 1.165) is 65.9 Å². The number of hydrogen-bond donors (Lipinski definition) is 1. The lowest BCUT2D eigenvalue weighted by Gasteiger charge is -2.33. The molecule has 30 heavy (non-hydrogen) atoms. The van der Waals surface area contributed by atoms with Crippen molar-refractivity contribution in [1.82, 2.24) is 24.8 Å². The van der Waals surface area contributed by atoms with Crippen molar-refractivity contribution < 1.29 is 4.79 Å². The molecule has 7 nitrogen and oxygen atoms in total. The fraction of sp³-hybridized carbons (Fsp3) is 0.391. The van der Waals surface area contributed by atoms with Crippen LogP contribution in [0.5, 0.6) is 0 Å². The highest BCUT2D eigenvalue weighted by molar-refractivity contribution is 5.82. The Morgan fingerprint density at radius 2 is 1.80 bits per heavy atom. The molecule has 0 spiro atoms. The highest BCUT2D eigenvalue weighted by atomic mass is 16.1. The molecule has 0 saturated carbocycles. The van der Waals surface area contributed by atoms with Gasteiger partial charge in [0.2, 0.25) is 0 Å². The Morgan fingerprint density at radius 3 is 2.63 bits per heavy atom. The van der Waals surface area contributed by atoms with Crippen LogP contribution in [0.1, 0.15) is 36.9 Å². The minimum Gasteiger partial charge on any atom is -0.339 e. The van der Waals surface area contributed by atoms with E-state index in [1.807, 2.05) is 24.4 Å². The maximum atomic E-state index is 12.0. The van der Waals surface area contributed by atoms with Gasteiger partial charge in [-0.2, -0.15) is 0 Å². The van der Waals surface area contributed by atoms with E-state index in [0.29, 0.717) is 13.1 Å². The van der Waals surface area contributed by atoms with Gasteiger partial charge in [0, 0.05) is 37.1 Å². The number of rotatable bonds is 5. The van der Waals surface area contributed by atoms with Gasteiger partial charge in [0.1, 0.15) is 18.3 Å². The summed E-state index contributed by atoms with van der Waals surface area (Å²) in [7, 11) is 0. The van der Waals surface area contributed by atoms with Crippen molar-refractivity contribution in [1.29, 1.82) is 0 Å². The molecule has 154 valence electrons. The number of nitrogens with one attached hydrogen (secondary N) is 1. The Labute approximate surface area is 176 Å². The van der Waals surface area contributed by atoms with Gasteiger partial charge in [-0.05, 0) is 25.0 Å². The van der Waals surface area contributed by atoms with Gasteiger partial charge >= 0.3 is 0 Å². The molecule has 7 heteroatoms. The van der Waals surface area contributed by atoms with Crippen LogP contribution in [0, 0.1) is 0 Å². The second kappa shape index (κ2) is 8.45. The summed E-state index contributed by atoms with van der Waals surface area (Å²) in [5.74, 6) is 0.792. The van der Waals surface area contributed by atoms with Crippen LogP contribution < -0.4 is 5.32 Å². The van der Waals surface area contributed by atoms with Crippen molar-refractivity contribution in [2.75, 3.05) is 18.4 Å². The monoisotopic (exact) mass is 402 g/mol. The number of pyridine rings is 1. The molecule has 2 aliphatic heterocycles. The quantitative estimate of drug-likeness (QED) is 0.655. The van der Waals surface area contributed by atoms with Gasteiger partial charge in [-0.1, -0.05) is 31.0 Å². The average Bonchev–Trinajstić information content (AvgIpc) is 3.03. The number of nitrogens with zero attached hydrogens (tertiary/aromatic N) is 5. The lowest BCUT2D eigenvalue weighted by Crippen LogP contribution is -2.47. The number of hydrogen-bond acceptors (Lipinski definition) is 7. The van der Waals surface area contributed by atoms with Crippen LogP contribution >= 0.6 is 0 Å². The minimum atomic E-state index is -0.201. The second-order valence-electron chi connectivity index (χ2n) is 8.09. The van der Waals surface area contributed by atoms with Crippen LogP contribution in [-0.2, 0) is 17.9 Å². The summed E-state index contributed by atoms with van der Waals surface area (Å²) in [6, 6.07) is 10.1. The molecule has 1 atom stereocenters. The largest absolute Gasteiger partial charge is 0.339 e. The fourth-order valence-electron chi connectivity index (χ4n) is 4.54. The first-order valence-corrected chi connectivity index (χ1v) is 10.7. The first-order chi connectivity index (χ1) is 14.8. The summed E-state index contributed by atoms with van der Waals surface area (Å²) in [4.78, 5) is 30.1. The highest BCUT2D eigenvalue weighted by Crippen LogP contribution is 2.30. The topological polar surface area (TPSA) is 74.2 Å². The van der Waals surface area contributed by atoms with Crippen LogP contribution in [-0.4, -0.2) is 50.3 Å². The smallest absolute Gasteiger partial charge is 0.151 e. The van der Waals surface area contributed by atoms with E-state index in [-0.39, 0.29) is 6.17 Å². The van der Waals surface area contributed by atoms with E-state index in [2.05, 4.69) is 42.2 Å². The van der Waals surface area contributed by atoms with Gasteiger partial charge in [0.25, 0.3) is 0 Å². The number of carbonyl (C=O) groups is 1. The zero-order valence-corrected chi connectivity index (χ0v) is 17.0. The first kappa shape index (κ1) is 19.1. The average molecular weight is 403 g/mol. The molecule has 1 N–H and O–H groups in total. The Bertz CT molecular complexity index is 1050. The number of benzene rings is 1. The SMILES string of the molecule is O=CC(N1CCCCCC1)N1Cc2ncnc(Nc3cnc4ccccc4c3)c2C1. The van der Waals surface area contributed by atoms with Crippen LogP contribution in [0.15, 0.2) is 42.9 Å². The lowest BCUT2D eigenvalue weighted by molar-refractivity contribution is -0.119. The van der Waals surface area contributed by atoms with Gasteiger partial charge in [-0.15, -0.1) is 0 Å². The highest BCUT2D eigenvalue weighted by Gasteiger charge is 2.32. The Hall–Kier alpha value is -2.90. The van der Waals surface area contributed by atoms with E-state index in [1.54, 1.807) is 6.33 Å². The van der Waals surface area contributed by atoms with E-state index >= 15 is 0 Å². The number of aromatic nitrogens is 3.